The molecule has 0 fully saturated rings. The SMILES string of the molecule is CN1C(=O)CC(C)(c2cccc(NC(=O)c3cc4ccccc4o3)c2)N=C1N. The minimum Gasteiger partial charge on any atom is -0.451 e. The van der Waals surface area contributed by atoms with Crippen LogP contribution in [0.15, 0.2) is 64.0 Å². The smallest absolute Gasteiger partial charge is 0.291 e. The quantitative estimate of drug-likeness (QED) is 0.733. The van der Waals surface area contributed by atoms with Crippen LogP contribution in [0.25, 0.3) is 11.0 Å². The Bertz CT molecular complexity index is 1080. The minimum atomic E-state index is -0.784. The number of nitrogens with two attached hydrogens (primary N) is 1. The highest BCUT2D eigenvalue weighted by Crippen LogP contribution is 2.34. The normalized spacial score (nSPS) is 19.6. The van der Waals surface area contributed by atoms with Crippen molar-refractivity contribution in [3.8, 4) is 0 Å². The van der Waals surface area contributed by atoms with Crippen LogP contribution in [0.2, 0.25) is 0 Å². The fraction of sp³-hybridized carbons (Fsp3) is 0.190. The van der Waals surface area contributed by atoms with Crippen molar-refractivity contribution < 1.29 is 14.0 Å². The Hall–Kier alpha value is -3.61. The Morgan fingerprint density at radius 3 is 2.75 bits per heavy atom. The summed E-state index contributed by atoms with van der Waals surface area (Å²) >= 11 is 0. The van der Waals surface area contributed by atoms with Crippen LogP contribution in [0.4, 0.5) is 5.69 Å². The van der Waals surface area contributed by atoms with E-state index in [1.807, 2.05) is 43.3 Å². The number of hydrogen-bond donors (Lipinski definition) is 2. The number of benzene rings is 2. The van der Waals surface area contributed by atoms with E-state index in [2.05, 4.69) is 10.3 Å². The number of guanidine groups is 1. The highest BCUT2D eigenvalue weighted by molar-refractivity contribution is 6.04. The zero-order valence-corrected chi connectivity index (χ0v) is 15.6. The van der Waals surface area contributed by atoms with E-state index < -0.39 is 5.54 Å². The first-order valence-corrected chi connectivity index (χ1v) is 8.88. The number of fused-ring (bicyclic) bond motifs is 1. The molecule has 0 saturated carbocycles. The highest BCUT2D eigenvalue weighted by Gasteiger charge is 2.36. The van der Waals surface area contributed by atoms with Crippen LogP contribution in [0, 0.1) is 0 Å². The molecule has 0 bridgehead atoms. The molecule has 7 heteroatoms. The van der Waals surface area contributed by atoms with E-state index in [0.29, 0.717) is 11.3 Å². The number of hydrogen-bond acceptors (Lipinski definition) is 5. The summed E-state index contributed by atoms with van der Waals surface area (Å²) in [5.74, 6) is -0.0438. The minimum absolute atomic E-state index is 0.105. The van der Waals surface area contributed by atoms with Gasteiger partial charge in [-0.3, -0.25) is 14.5 Å². The van der Waals surface area contributed by atoms with E-state index in [-0.39, 0.29) is 30.0 Å². The molecule has 3 aromatic rings. The number of para-hydroxylation sites is 1. The summed E-state index contributed by atoms with van der Waals surface area (Å²) in [5, 5.41) is 3.70. The van der Waals surface area contributed by atoms with Gasteiger partial charge >= 0.3 is 0 Å². The van der Waals surface area contributed by atoms with Crippen LogP contribution in [-0.2, 0) is 10.3 Å². The predicted octanol–water partition coefficient (Wildman–Crippen LogP) is 3.08. The number of anilines is 1. The molecule has 1 atom stereocenters. The van der Waals surface area contributed by atoms with Gasteiger partial charge in [-0.15, -0.1) is 0 Å². The number of amides is 2. The number of furan rings is 1. The predicted molar refractivity (Wildman–Crippen MR) is 107 cm³/mol. The van der Waals surface area contributed by atoms with E-state index in [0.717, 1.165) is 10.9 Å². The first-order valence-electron chi connectivity index (χ1n) is 8.88. The lowest BCUT2D eigenvalue weighted by atomic mass is 9.87. The number of nitrogens with zero attached hydrogens (tertiary/aromatic N) is 2. The molecule has 3 N–H and O–H groups in total. The fourth-order valence-corrected chi connectivity index (χ4v) is 3.29. The van der Waals surface area contributed by atoms with Gasteiger partial charge in [0.15, 0.2) is 11.7 Å². The lowest BCUT2D eigenvalue weighted by molar-refractivity contribution is -0.128. The van der Waals surface area contributed by atoms with Crippen molar-refractivity contribution in [1.29, 1.82) is 0 Å². The zero-order valence-electron chi connectivity index (χ0n) is 15.6. The molecule has 7 nitrogen and oxygen atoms in total. The molecule has 4 rings (SSSR count). The van der Waals surface area contributed by atoms with Crippen molar-refractivity contribution in [2.45, 2.75) is 18.9 Å². The number of aliphatic imine (C=N–C) groups is 1. The van der Waals surface area contributed by atoms with Crippen molar-refractivity contribution >= 4 is 34.4 Å². The van der Waals surface area contributed by atoms with Gasteiger partial charge in [0.05, 0.1) is 12.0 Å². The molecular weight excluding hydrogens is 356 g/mol. The number of nitrogens with one attached hydrogen (secondary N) is 1. The first-order chi connectivity index (χ1) is 13.4. The van der Waals surface area contributed by atoms with Gasteiger partial charge in [-0.05, 0) is 36.8 Å². The van der Waals surface area contributed by atoms with E-state index in [1.54, 1.807) is 25.2 Å². The van der Waals surface area contributed by atoms with Gasteiger partial charge in [-0.2, -0.15) is 0 Å². The monoisotopic (exact) mass is 376 g/mol. The maximum atomic E-state index is 12.6. The Kier molecular flexibility index (Phi) is 4.15. The standard InChI is InChI=1S/C21H20N4O3/c1-21(12-18(26)25(2)20(22)24-21)14-7-5-8-15(11-14)23-19(27)17-10-13-6-3-4-9-16(13)28-17/h3-11H,12H2,1-2H3,(H2,22,24)(H,23,27). The van der Waals surface area contributed by atoms with Gasteiger partial charge in [-0.1, -0.05) is 30.3 Å². The molecule has 28 heavy (non-hydrogen) atoms. The third kappa shape index (κ3) is 3.11. The van der Waals surface area contributed by atoms with Crippen LogP contribution in [0.3, 0.4) is 0 Å². The number of rotatable bonds is 3. The molecule has 0 radical (unpaired) electrons. The Morgan fingerprint density at radius 2 is 2.00 bits per heavy atom. The molecule has 0 spiro atoms. The molecule has 2 amide bonds. The topological polar surface area (TPSA) is 101 Å². The van der Waals surface area contributed by atoms with Crippen LogP contribution in [0.5, 0.6) is 0 Å². The average molecular weight is 376 g/mol. The third-order valence-electron chi connectivity index (χ3n) is 4.97. The molecule has 2 aromatic carbocycles. The maximum absolute atomic E-state index is 12.6. The van der Waals surface area contributed by atoms with Crippen molar-refractivity contribution in [2.24, 2.45) is 10.7 Å². The maximum Gasteiger partial charge on any atom is 0.291 e. The van der Waals surface area contributed by atoms with E-state index in [4.69, 9.17) is 10.2 Å². The van der Waals surface area contributed by atoms with Crippen LogP contribution >= 0.6 is 0 Å². The lowest BCUT2D eigenvalue weighted by Gasteiger charge is -2.33. The van der Waals surface area contributed by atoms with Crippen LogP contribution < -0.4 is 11.1 Å². The molecular formula is C21H20N4O3. The fourth-order valence-electron chi connectivity index (χ4n) is 3.29. The summed E-state index contributed by atoms with van der Waals surface area (Å²) in [4.78, 5) is 30.6. The van der Waals surface area contributed by atoms with Gasteiger partial charge in [0.1, 0.15) is 5.58 Å². The zero-order chi connectivity index (χ0) is 19.9. The van der Waals surface area contributed by atoms with Crippen molar-refractivity contribution in [2.75, 3.05) is 12.4 Å². The molecule has 1 aliphatic heterocycles. The first kappa shape index (κ1) is 17.8. The summed E-state index contributed by atoms with van der Waals surface area (Å²) in [7, 11) is 1.60. The average Bonchev–Trinajstić information content (AvgIpc) is 3.11. The Morgan fingerprint density at radius 1 is 1.21 bits per heavy atom. The van der Waals surface area contributed by atoms with Crippen molar-refractivity contribution in [3.63, 3.8) is 0 Å². The van der Waals surface area contributed by atoms with E-state index >= 15 is 0 Å². The van der Waals surface area contributed by atoms with Crippen molar-refractivity contribution in [3.05, 3.63) is 65.9 Å². The molecule has 0 aliphatic carbocycles. The van der Waals surface area contributed by atoms with Crippen molar-refractivity contribution in [1.82, 2.24) is 4.90 Å². The second kappa shape index (κ2) is 6.53. The molecule has 1 aromatic heterocycles. The summed E-state index contributed by atoms with van der Waals surface area (Å²) in [5.41, 5.74) is 7.14. The van der Waals surface area contributed by atoms with Crippen LogP contribution in [-0.4, -0.2) is 29.7 Å². The second-order valence-electron chi connectivity index (χ2n) is 7.06. The van der Waals surface area contributed by atoms with Gasteiger partial charge in [-0.25, -0.2) is 4.99 Å². The second-order valence-corrected chi connectivity index (χ2v) is 7.06. The van der Waals surface area contributed by atoms with E-state index in [9.17, 15) is 9.59 Å². The van der Waals surface area contributed by atoms with E-state index in [1.165, 1.54) is 4.90 Å². The molecule has 142 valence electrons. The Labute approximate surface area is 161 Å². The molecule has 2 heterocycles. The van der Waals surface area contributed by atoms with Crippen LogP contribution in [0.1, 0.15) is 29.5 Å². The van der Waals surface area contributed by atoms with Gasteiger partial charge < -0.3 is 15.5 Å². The summed E-state index contributed by atoms with van der Waals surface area (Å²) in [6.45, 7) is 1.85. The number of carbonyl (C=O) groups is 2. The number of carbonyl (C=O) groups excluding carboxylic acids is 2. The molecule has 0 saturated heterocycles. The summed E-state index contributed by atoms with van der Waals surface area (Å²) < 4.78 is 5.61. The molecule has 1 unspecified atom stereocenters. The van der Waals surface area contributed by atoms with Gasteiger partial charge in [0.25, 0.3) is 5.91 Å². The third-order valence-corrected chi connectivity index (χ3v) is 4.97. The lowest BCUT2D eigenvalue weighted by Crippen LogP contribution is -2.47. The largest absolute Gasteiger partial charge is 0.451 e. The Balaban J connectivity index is 1.60. The van der Waals surface area contributed by atoms with Gasteiger partial charge in [0, 0.05) is 18.1 Å². The summed E-state index contributed by atoms with van der Waals surface area (Å²) in [6, 6.07) is 16.4. The summed E-state index contributed by atoms with van der Waals surface area (Å²) in [6.07, 6.45) is 0.200. The van der Waals surface area contributed by atoms with Gasteiger partial charge in [0.2, 0.25) is 5.91 Å². The molecule has 1 aliphatic rings. The highest BCUT2D eigenvalue weighted by atomic mass is 16.3.